The zero-order valence-corrected chi connectivity index (χ0v) is 10.6. The molecule has 100 valence electrons. The molecule has 19 heavy (non-hydrogen) atoms. The highest BCUT2D eigenvalue weighted by molar-refractivity contribution is 7.14. The molecule has 8 heteroatoms. The largest absolute Gasteiger partial charge is 0.476 e. The van der Waals surface area contributed by atoms with Gasteiger partial charge in [-0.25, -0.2) is 9.78 Å². The molecule has 1 aromatic heterocycles. The van der Waals surface area contributed by atoms with Crippen molar-refractivity contribution in [1.29, 1.82) is 0 Å². The topological polar surface area (TPSA) is 101 Å². The van der Waals surface area contributed by atoms with Crippen LogP contribution in [0.4, 0.5) is 5.13 Å². The number of nitrogens with zero attached hydrogens (tertiary/aromatic N) is 2. The molecule has 0 bridgehead atoms. The van der Waals surface area contributed by atoms with Gasteiger partial charge in [0, 0.05) is 18.2 Å². The predicted octanol–water partition coefficient (Wildman–Crippen LogP) is 1.24. The fourth-order valence-electron chi connectivity index (χ4n) is 1.50. The van der Waals surface area contributed by atoms with Crippen molar-refractivity contribution >= 4 is 34.6 Å². The van der Waals surface area contributed by atoms with Crippen molar-refractivity contribution in [3.63, 3.8) is 0 Å². The Balaban J connectivity index is 2.11. The lowest BCUT2D eigenvalue weighted by Crippen LogP contribution is -2.17. The lowest BCUT2D eigenvalue weighted by atomic mass is 10.3. The summed E-state index contributed by atoms with van der Waals surface area (Å²) in [6.45, 7) is 0. The minimum absolute atomic E-state index is 0.124. The lowest BCUT2D eigenvalue weighted by Gasteiger charge is -2.07. The molecule has 0 unspecified atom stereocenters. The Labute approximate surface area is 112 Å². The monoisotopic (exact) mass is 281 g/mol. The molecule has 1 heterocycles. The number of aliphatic carboxylic acids is 1. The first-order valence-corrected chi connectivity index (χ1v) is 6.37. The lowest BCUT2D eigenvalue weighted by molar-refractivity contribution is -0.129. The number of thiazole rings is 1. The van der Waals surface area contributed by atoms with Gasteiger partial charge in [0.05, 0.1) is 0 Å². The van der Waals surface area contributed by atoms with Crippen LogP contribution in [0.3, 0.4) is 0 Å². The number of aromatic nitrogens is 1. The maximum Gasteiger partial charge on any atom is 0.360 e. The van der Waals surface area contributed by atoms with Crippen molar-refractivity contribution in [2.24, 2.45) is 5.16 Å². The molecule has 1 aliphatic rings. The summed E-state index contributed by atoms with van der Waals surface area (Å²) in [4.78, 5) is 30.5. The Kier molecular flexibility index (Phi) is 4.24. The summed E-state index contributed by atoms with van der Waals surface area (Å²) in [5.41, 5.74) is -0.116. The Bertz CT molecular complexity index is 530. The number of amides is 1. The zero-order valence-electron chi connectivity index (χ0n) is 9.78. The van der Waals surface area contributed by atoms with Crippen molar-refractivity contribution in [3.8, 4) is 0 Å². The zero-order chi connectivity index (χ0) is 13.7. The fourth-order valence-corrected chi connectivity index (χ4v) is 2.15. The average molecular weight is 281 g/mol. The maximum atomic E-state index is 11.1. The Morgan fingerprint density at radius 2 is 2.32 bits per heavy atom. The van der Waals surface area contributed by atoms with E-state index in [0.717, 1.165) is 11.3 Å². The number of hydrogen-bond donors (Lipinski definition) is 2. The summed E-state index contributed by atoms with van der Waals surface area (Å²) in [7, 11) is 0. The normalized spacial score (nSPS) is 15.5. The van der Waals surface area contributed by atoms with Gasteiger partial charge in [-0.2, -0.15) is 0 Å². The molecule has 1 amide bonds. The van der Waals surface area contributed by atoms with E-state index in [0.29, 0.717) is 24.4 Å². The van der Waals surface area contributed by atoms with Gasteiger partial charge >= 0.3 is 5.97 Å². The highest BCUT2D eigenvalue weighted by Gasteiger charge is 2.19. The van der Waals surface area contributed by atoms with Crippen LogP contribution in [0.1, 0.15) is 18.5 Å². The maximum absolute atomic E-state index is 11.1. The van der Waals surface area contributed by atoms with Crippen LogP contribution < -0.4 is 5.32 Å². The van der Waals surface area contributed by atoms with Crippen molar-refractivity contribution in [2.75, 3.05) is 5.32 Å². The molecule has 0 spiro atoms. The summed E-state index contributed by atoms with van der Waals surface area (Å²) >= 11 is 1.11. The van der Waals surface area contributed by atoms with Gasteiger partial charge in [0.2, 0.25) is 12.1 Å². The van der Waals surface area contributed by atoms with E-state index in [-0.39, 0.29) is 17.5 Å². The molecule has 0 saturated heterocycles. The fraction of sp³-hybridized carbons (Fsp3) is 0.273. The molecule has 1 aliphatic carbocycles. The summed E-state index contributed by atoms with van der Waals surface area (Å²) in [5.74, 6) is -1.23. The SMILES string of the molecule is O=CNc1nc(/C(=N/OC2CC=CC2)C(=O)O)cs1. The van der Waals surface area contributed by atoms with Crippen LogP contribution >= 0.6 is 11.3 Å². The molecule has 0 saturated carbocycles. The highest BCUT2D eigenvalue weighted by Crippen LogP contribution is 2.17. The number of oxime groups is 1. The van der Waals surface area contributed by atoms with E-state index < -0.39 is 5.97 Å². The second-order valence-corrected chi connectivity index (χ2v) is 4.57. The van der Waals surface area contributed by atoms with E-state index >= 15 is 0 Å². The smallest absolute Gasteiger partial charge is 0.360 e. The number of carboxylic acids is 1. The van der Waals surface area contributed by atoms with E-state index in [1.807, 2.05) is 12.2 Å². The van der Waals surface area contributed by atoms with Gasteiger partial charge < -0.3 is 15.3 Å². The van der Waals surface area contributed by atoms with E-state index in [1.165, 1.54) is 5.38 Å². The number of carbonyl (C=O) groups excluding carboxylic acids is 1. The van der Waals surface area contributed by atoms with Gasteiger partial charge in [0.25, 0.3) is 0 Å². The predicted molar refractivity (Wildman–Crippen MR) is 69.2 cm³/mol. The van der Waals surface area contributed by atoms with Crippen molar-refractivity contribution < 1.29 is 19.5 Å². The third-order valence-corrected chi connectivity index (χ3v) is 3.16. The molecule has 0 radical (unpaired) electrons. The van der Waals surface area contributed by atoms with Crippen molar-refractivity contribution in [3.05, 3.63) is 23.2 Å². The second kappa shape index (κ2) is 6.10. The molecule has 0 aliphatic heterocycles. The first kappa shape index (κ1) is 13.2. The molecule has 7 nitrogen and oxygen atoms in total. The third kappa shape index (κ3) is 3.38. The Hall–Kier alpha value is -2.22. The van der Waals surface area contributed by atoms with Gasteiger partial charge in [-0.1, -0.05) is 17.3 Å². The minimum Gasteiger partial charge on any atom is -0.476 e. The number of hydrogen-bond acceptors (Lipinski definition) is 6. The van der Waals surface area contributed by atoms with Gasteiger partial charge in [0.1, 0.15) is 11.8 Å². The number of carbonyl (C=O) groups is 2. The van der Waals surface area contributed by atoms with Gasteiger partial charge in [-0.3, -0.25) is 4.79 Å². The summed E-state index contributed by atoms with van der Waals surface area (Å²) in [6, 6.07) is 0. The van der Waals surface area contributed by atoms with Gasteiger partial charge in [0.15, 0.2) is 5.13 Å². The summed E-state index contributed by atoms with van der Waals surface area (Å²) in [6.07, 6.45) is 5.68. The number of rotatable bonds is 6. The molecule has 0 aromatic carbocycles. The van der Waals surface area contributed by atoms with E-state index in [4.69, 9.17) is 9.94 Å². The van der Waals surface area contributed by atoms with Crippen LogP contribution in [0.15, 0.2) is 22.7 Å². The van der Waals surface area contributed by atoms with Crippen LogP contribution in [0, 0.1) is 0 Å². The Morgan fingerprint density at radius 3 is 2.95 bits per heavy atom. The van der Waals surface area contributed by atoms with E-state index in [1.54, 1.807) is 0 Å². The first-order valence-electron chi connectivity index (χ1n) is 5.49. The summed E-state index contributed by atoms with van der Waals surface area (Å²) < 4.78 is 0. The number of nitrogens with one attached hydrogen (secondary N) is 1. The van der Waals surface area contributed by atoms with Crippen LogP contribution in [0.2, 0.25) is 0 Å². The standard InChI is InChI=1S/C11H11N3O4S/c15-6-12-11-13-8(5-19-11)9(10(16)17)14-18-7-3-1-2-4-7/h1-2,5-7H,3-4H2,(H,16,17)(H,12,13,15)/b14-9-. The third-order valence-electron chi connectivity index (χ3n) is 2.39. The van der Waals surface area contributed by atoms with Gasteiger partial charge in [-0.15, -0.1) is 11.3 Å². The van der Waals surface area contributed by atoms with Crippen molar-refractivity contribution in [2.45, 2.75) is 18.9 Å². The van der Waals surface area contributed by atoms with Crippen LogP contribution in [-0.2, 0) is 14.4 Å². The number of anilines is 1. The molecular weight excluding hydrogens is 270 g/mol. The van der Waals surface area contributed by atoms with E-state index in [2.05, 4.69) is 15.5 Å². The molecule has 0 atom stereocenters. The van der Waals surface area contributed by atoms with Gasteiger partial charge in [-0.05, 0) is 0 Å². The molecular formula is C11H11N3O4S. The van der Waals surface area contributed by atoms with Crippen molar-refractivity contribution in [1.82, 2.24) is 4.98 Å². The van der Waals surface area contributed by atoms with Crippen LogP contribution in [0.5, 0.6) is 0 Å². The van der Waals surface area contributed by atoms with Crippen LogP contribution in [-0.4, -0.2) is 34.3 Å². The quantitative estimate of drug-likeness (QED) is 0.353. The molecule has 2 N–H and O–H groups in total. The second-order valence-electron chi connectivity index (χ2n) is 3.72. The van der Waals surface area contributed by atoms with E-state index in [9.17, 15) is 9.59 Å². The highest BCUT2D eigenvalue weighted by atomic mass is 32.1. The average Bonchev–Trinajstić information content (AvgIpc) is 3.01. The Morgan fingerprint density at radius 1 is 1.58 bits per heavy atom. The minimum atomic E-state index is -1.23. The molecule has 2 rings (SSSR count). The van der Waals surface area contributed by atoms with Crippen LogP contribution in [0.25, 0.3) is 0 Å². The number of carboxylic acid groups (broad SMARTS) is 1. The molecule has 1 aromatic rings. The first-order chi connectivity index (χ1) is 9.20. The summed E-state index contributed by atoms with van der Waals surface area (Å²) in [5, 5.41) is 16.9. The molecule has 0 fully saturated rings.